The molecule has 0 aliphatic rings. The number of aliphatic hydroxyl groups excluding tert-OH is 2. The summed E-state index contributed by atoms with van der Waals surface area (Å²) in [6.07, 6.45) is -0.143. The molecule has 0 amide bonds. The minimum Gasteiger partial charge on any atom is -0.394 e. The van der Waals surface area contributed by atoms with Gasteiger partial charge in [0.2, 0.25) is 0 Å². The molecule has 1 aromatic rings. The van der Waals surface area contributed by atoms with Gasteiger partial charge >= 0.3 is 0 Å². The number of hydrogen-bond donors (Lipinski definition) is 2. The number of benzene rings is 1. The Morgan fingerprint density at radius 3 is 2.33 bits per heavy atom. The van der Waals surface area contributed by atoms with Crippen LogP contribution >= 0.6 is 15.9 Å². The lowest BCUT2D eigenvalue weighted by molar-refractivity contribution is 0.0955. The molecule has 0 saturated heterocycles. The molecule has 2 N–H and O–H groups in total. The summed E-state index contributed by atoms with van der Waals surface area (Å²) < 4.78 is 1.02. The second-order valence-corrected chi connectivity index (χ2v) is 3.58. The molecule has 0 aliphatic heterocycles. The summed E-state index contributed by atoms with van der Waals surface area (Å²) in [4.78, 5) is 0. The Hall–Kier alpha value is -0.380. The van der Waals surface area contributed by atoms with E-state index < -0.39 is 6.10 Å². The van der Waals surface area contributed by atoms with Crippen molar-refractivity contribution in [2.24, 2.45) is 0 Å². The Kier molecular flexibility index (Phi) is 3.72. The monoisotopic (exact) mass is 230 g/mol. The average Bonchev–Trinajstić information content (AvgIpc) is 2.09. The second kappa shape index (κ2) is 4.60. The number of hydrogen-bond acceptors (Lipinski definition) is 2. The molecule has 12 heavy (non-hydrogen) atoms. The summed E-state index contributed by atoms with van der Waals surface area (Å²) in [6.45, 7) is -0.184. The summed E-state index contributed by atoms with van der Waals surface area (Å²) in [5.74, 6) is 0. The van der Waals surface area contributed by atoms with Crippen molar-refractivity contribution in [1.29, 1.82) is 0 Å². The highest BCUT2D eigenvalue weighted by Gasteiger charge is 2.02. The van der Waals surface area contributed by atoms with E-state index in [4.69, 9.17) is 10.2 Å². The van der Waals surface area contributed by atoms with Crippen LogP contribution in [-0.2, 0) is 6.42 Å². The van der Waals surface area contributed by atoms with Gasteiger partial charge in [-0.25, -0.2) is 0 Å². The van der Waals surface area contributed by atoms with E-state index in [9.17, 15) is 0 Å². The predicted octanol–water partition coefficient (Wildman–Crippen LogP) is 1.34. The Morgan fingerprint density at radius 1 is 1.25 bits per heavy atom. The van der Waals surface area contributed by atoms with Crippen LogP contribution in [0.25, 0.3) is 0 Å². The van der Waals surface area contributed by atoms with Gasteiger partial charge in [0.15, 0.2) is 0 Å². The molecule has 0 saturated carbocycles. The minimum atomic E-state index is -0.647. The first kappa shape index (κ1) is 9.71. The molecule has 1 aromatic carbocycles. The molecular weight excluding hydrogens is 220 g/mol. The maximum Gasteiger partial charge on any atom is 0.0811 e. The molecule has 3 heteroatoms. The summed E-state index contributed by atoms with van der Waals surface area (Å²) in [7, 11) is 0. The van der Waals surface area contributed by atoms with Gasteiger partial charge in [-0.1, -0.05) is 28.1 Å². The van der Waals surface area contributed by atoms with Gasteiger partial charge in [0.25, 0.3) is 0 Å². The molecule has 66 valence electrons. The van der Waals surface area contributed by atoms with Crippen molar-refractivity contribution >= 4 is 15.9 Å². The lowest BCUT2D eigenvalue weighted by atomic mass is 10.1. The second-order valence-electron chi connectivity index (χ2n) is 2.67. The zero-order chi connectivity index (χ0) is 8.97. The molecule has 0 aromatic heterocycles. The summed E-state index contributed by atoms with van der Waals surface area (Å²) >= 11 is 3.32. The Bertz CT molecular complexity index is 233. The van der Waals surface area contributed by atoms with Crippen molar-refractivity contribution in [1.82, 2.24) is 0 Å². The molecule has 2 nitrogen and oxygen atoms in total. The molecule has 0 heterocycles. The first-order chi connectivity index (χ1) is 5.72. The van der Waals surface area contributed by atoms with E-state index in [1.165, 1.54) is 0 Å². The van der Waals surface area contributed by atoms with E-state index in [0.29, 0.717) is 6.42 Å². The first-order valence-corrected chi connectivity index (χ1v) is 4.55. The zero-order valence-electron chi connectivity index (χ0n) is 6.57. The third kappa shape index (κ3) is 2.93. The highest BCUT2D eigenvalue weighted by Crippen LogP contribution is 2.11. The fourth-order valence-electron chi connectivity index (χ4n) is 0.957. The zero-order valence-corrected chi connectivity index (χ0v) is 8.16. The molecule has 0 bridgehead atoms. The standard InChI is InChI=1S/C9H11BrO2/c10-8-3-1-7(2-4-8)5-9(12)6-11/h1-4,9,11-12H,5-6H2/t9-/m1/s1. The van der Waals surface area contributed by atoms with Crippen LogP contribution in [0.3, 0.4) is 0 Å². The van der Waals surface area contributed by atoms with Crippen LogP contribution in [0.5, 0.6) is 0 Å². The Morgan fingerprint density at radius 2 is 1.83 bits per heavy atom. The van der Waals surface area contributed by atoms with Gasteiger partial charge in [-0.2, -0.15) is 0 Å². The summed E-state index contributed by atoms with van der Waals surface area (Å²) in [5, 5.41) is 17.7. The molecule has 1 atom stereocenters. The first-order valence-electron chi connectivity index (χ1n) is 3.75. The fraction of sp³-hybridized carbons (Fsp3) is 0.333. The van der Waals surface area contributed by atoms with Crippen LogP contribution in [0.15, 0.2) is 28.7 Å². The summed E-state index contributed by atoms with van der Waals surface area (Å²) in [6, 6.07) is 7.67. The number of halogens is 1. The SMILES string of the molecule is OC[C@H](O)Cc1ccc(Br)cc1. The molecule has 0 fully saturated rings. The quantitative estimate of drug-likeness (QED) is 0.824. The van der Waals surface area contributed by atoms with Gasteiger partial charge in [0.05, 0.1) is 12.7 Å². The normalized spacial score (nSPS) is 12.9. The largest absolute Gasteiger partial charge is 0.394 e. The third-order valence-corrected chi connectivity index (χ3v) is 2.12. The lowest BCUT2D eigenvalue weighted by Gasteiger charge is -2.06. The smallest absolute Gasteiger partial charge is 0.0811 e. The highest BCUT2D eigenvalue weighted by atomic mass is 79.9. The van der Waals surface area contributed by atoms with Crippen molar-refractivity contribution < 1.29 is 10.2 Å². The van der Waals surface area contributed by atoms with E-state index in [2.05, 4.69) is 15.9 Å². The molecule has 0 unspecified atom stereocenters. The van der Waals surface area contributed by atoms with Gasteiger partial charge in [0.1, 0.15) is 0 Å². The molecule has 1 rings (SSSR count). The molecular formula is C9H11BrO2. The van der Waals surface area contributed by atoms with Crippen LogP contribution in [0.2, 0.25) is 0 Å². The Labute approximate surface area is 80.0 Å². The summed E-state index contributed by atoms with van der Waals surface area (Å²) in [5.41, 5.74) is 1.03. The van der Waals surface area contributed by atoms with Crippen molar-refractivity contribution in [2.45, 2.75) is 12.5 Å². The van der Waals surface area contributed by atoms with E-state index in [1.54, 1.807) is 0 Å². The van der Waals surface area contributed by atoms with Crippen LogP contribution in [0.4, 0.5) is 0 Å². The van der Waals surface area contributed by atoms with Crippen LogP contribution < -0.4 is 0 Å². The lowest BCUT2D eigenvalue weighted by Crippen LogP contribution is -2.14. The van der Waals surface area contributed by atoms with E-state index >= 15 is 0 Å². The van der Waals surface area contributed by atoms with Crippen molar-refractivity contribution in [2.75, 3.05) is 6.61 Å². The van der Waals surface area contributed by atoms with Gasteiger partial charge in [-0.05, 0) is 17.7 Å². The highest BCUT2D eigenvalue weighted by molar-refractivity contribution is 9.10. The van der Waals surface area contributed by atoms with Gasteiger partial charge in [-0.15, -0.1) is 0 Å². The van der Waals surface area contributed by atoms with Gasteiger partial charge in [0, 0.05) is 10.9 Å². The topological polar surface area (TPSA) is 40.5 Å². The number of aliphatic hydroxyl groups is 2. The fourth-order valence-corrected chi connectivity index (χ4v) is 1.22. The maximum absolute atomic E-state index is 9.12. The predicted molar refractivity (Wildman–Crippen MR) is 50.9 cm³/mol. The third-order valence-electron chi connectivity index (χ3n) is 1.60. The maximum atomic E-state index is 9.12. The molecule has 0 aliphatic carbocycles. The van der Waals surface area contributed by atoms with Crippen molar-refractivity contribution in [3.05, 3.63) is 34.3 Å². The van der Waals surface area contributed by atoms with Crippen LogP contribution in [0, 0.1) is 0 Å². The van der Waals surface area contributed by atoms with Gasteiger partial charge in [-0.3, -0.25) is 0 Å². The van der Waals surface area contributed by atoms with Crippen molar-refractivity contribution in [3.8, 4) is 0 Å². The van der Waals surface area contributed by atoms with Crippen LogP contribution in [-0.4, -0.2) is 22.9 Å². The van der Waals surface area contributed by atoms with E-state index in [0.717, 1.165) is 10.0 Å². The van der Waals surface area contributed by atoms with E-state index in [-0.39, 0.29) is 6.61 Å². The molecule has 0 radical (unpaired) electrons. The van der Waals surface area contributed by atoms with Crippen molar-refractivity contribution in [3.63, 3.8) is 0 Å². The van der Waals surface area contributed by atoms with Gasteiger partial charge < -0.3 is 10.2 Å². The minimum absolute atomic E-state index is 0.184. The Balaban J connectivity index is 2.58. The van der Waals surface area contributed by atoms with E-state index in [1.807, 2.05) is 24.3 Å². The molecule has 0 spiro atoms. The average molecular weight is 231 g/mol. The van der Waals surface area contributed by atoms with Crippen LogP contribution in [0.1, 0.15) is 5.56 Å². The number of rotatable bonds is 3.